The summed E-state index contributed by atoms with van der Waals surface area (Å²) in [5, 5.41) is 12.4. The number of fused-ring (bicyclic) bond motifs is 3. The summed E-state index contributed by atoms with van der Waals surface area (Å²) in [6.07, 6.45) is 2.78. The maximum atomic E-state index is 10.6. The maximum Gasteiger partial charge on any atom is 0.191 e. The number of benzene rings is 3. The van der Waals surface area contributed by atoms with Crippen molar-refractivity contribution < 1.29 is 9.84 Å². The molecule has 0 saturated carbocycles. The normalized spacial score (nSPS) is 17.9. The van der Waals surface area contributed by atoms with Gasteiger partial charge in [0.05, 0.1) is 5.69 Å². The van der Waals surface area contributed by atoms with Crippen LogP contribution in [0.25, 0.3) is 10.8 Å². The van der Waals surface area contributed by atoms with Crippen LogP contribution in [0.1, 0.15) is 30.9 Å². The number of nitrogens with zero attached hydrogens (tertiary/aromatic N) is 1. The molecule has 3 aromatic rings. The predicted molar refractivity (Wildman–Crippen MR) is 125 cm³/mol. The molecular formula is C24H27N3O2S. The van der Waals surface area contributed by atoms with E-state index in [0.717, 1.165) is 58.4 Å². The van der Waals surface area contributed by atoms with Crippen LogP contribution < -0.4 is 16.2 Å². The van der Waals surface area contributed by atoms with Crippen LogP contribution in [0.15, 0.2) is 58.4 Å². The smallest absolute Gasteiger partial charge is 0.191 e. The summed E-state index contributed by atoms with van der Waals surface area (Å²) in [5.41, 5.74) is 13.4. The Morgan fingerprint density at radius 1 is 1.13 bits per heavy atom. The lowest BCUT2D eigenvalue weighted by Crippen LogP contribution is -2.37. The van der Waals surface area contributed by atoms with Crippen molar-refractivity contribution in [2.45, 2.75) is 43.6 Å². The zero-order valence-corrected chi connectivity index (χ0v) is 18.1. The fourth-order valence-corrected chi connectivity index (χ4v) is 5.09. The molecule has 30 heavy (non-hydrogen) atoms. The first kappa shape index (κ1) is 20.4. The predicted octanol–water partition coefficient (Wildman–Crippen LogP) is 5.02. The Balaban J connectivity index is 1.48. The maximum absolute atomic E-state index is 10.6. The van der Waals surface area contributed by atoms with Crippen molar-refractivity contribution in [3.63, 3.8) is 0 Å². The number of phenols is 1. The van der Waals surface area contributed by atoms with Crippen molar-refractivity contribution >= 4 is 34.2 Å². The van der Waals surface area contributed by atoms with E-state index < -0.39 is 0 Å². The van der Waals surface area contributed by atoms with Crippen LogP contribution in [0.2, 0.25) is 0 Å². The summed E-state index contributed by atoms with van der Waals surface area (Å²) < 4.78 is 6.60. The van der Waals surface area contributed by atoms with E-state index in [-0.39, 0.29) is 11.6 Å². The molecule has 0 bridgehead atoms. The highest BCUT2D eigenvalue weighted by Crippen LogP contribution is 2.46. The lowest BCUT2D eigenvalue weighted by molar-refractivity contribution is 0.0641. The van der Waals surface area contributed by atoms with Crippen molar-refractivity contribution in [3.05, 3.63) is 59.7 Å². The molecule has 5 nitrogen and oxygen atoms in total. The topological polar surface area (TPSA) is 93.9 Å². The molecule has 1 unspecified atom stereocenters. The van der Waals surface area contributed by atoms with E-state index in [0.29, 0.717) is 5.75 Å². The molecule has 6 heteroatoms. The molecule has 0 saturated heterocycles. The molecule has 156 valence electrons. The van der Waals surface area contributed by atoms with E-state index in [1.165, 1.54) is 4.90 Å². The van der Waals surface area contributed by atoms with Crippen molar-refractivity contribution in [1.29, 1.82) is 0 Å². The quantitative estimate of drug-likeness (QED) is 0.305. The number of phenolic OH excluding ortho intramolecular Hbond substituents is 1. The third-order valence-corrected chi connectivity index (χ3v) is 6.77. The van der Waals surface area contributed by atoms with Gasteiger partial charge in [0.1, 0.15) is 17.1 Å². The first-order valence-corrected chi connectivity index (χ1v) is 11.1. The molecule has 0 spiro atoms. The lowest BCUT2D eigenvalue weighted by Gasteiger charge is -2.37. The largest absolute Gasteiger partial charge is 0.507 e. The average Bonchev–Trinajstić information content (AvgIpc) is 2.73. The second-order valence-corrected chi connectivity index (χ2v) is 9.18. The number of nitrogens with two attached hydrogens (primary N) is 2. The van der Waals surface area contributed by atoms with E-state index in [1.807, 2.05) is 55.5 Å². The van der Waals surface area contributed by atoms with Gasteiger partial charge in [0, 0.05) is 27.0 Å². The Kier molecular flexibility index (Phi) is 5.52. The van der Waals surface area contributed by atoms with Gasteiger partial charge < -0.3 is 21.3 Å². The van der Waals surface area contributed by atoms with Crippen LogP contribution in [-0.2, 0) is 6.42 Å². The van der Waals surface area contributed by atoms with Gasteiger partial charge >= 0.3 is 0 Å². The van der Waals surface area contributed by atoms with Crippen molar-refractivity contribution in [1.82, 2.24) is 0 Å². The average molecular weight is 422 g/mol. The van der Waals surface area contributed by atoms with Gasteiger partial charge in [-0.2, -0.15) is 0 Å². The highest BCUT2D eigenvalue weighted by Gasteiger charge is 2.34. The minimum absolute atomic E-state index is 0.0640. The highest BCUT2D eigenvalue weighted by atomic mass is 32.2. The number of guanidine groups is 1. The minimum Gasteiger partial charge on any atom is -0.507 e. The third kappa shape index (κ3) is 4.05. The molecule has 1 atom stereocenters. The van der Waals surface area contributed by atoms with Gasteiger partial charge in [-0.3, -0.25) is 0 Å². The fourth-order valence-electron chi connectivity index (χ4n) is 4.00. The van der Waals surface area contributed by atoms with Gasteiger partial charge in [-0.05, 0) is 62.9 Å². The van der Waals surface area contributed by atoms with E-state index in [9.17, 15) is 5.11 Å². The van der Waals surface area contributed by atoms with Crippen molar-refractivity contribution in [3.8, 4) is 11.5 Å². The molecule has 1 aliphatic heterocycles. The molecule has 0 amide bonds. The van der Waals surface area contributed by atoms with E-state index in [2.05, 4.69) is 11.9 Å². The van der Waals surface area contributed by atoms with E-state index in [4.69, 9.17) is 16.2 Å². The molecule has 1 aliphatic rings. The Morgan fingerprint density at radius 2 is 1.83 bits per heavy atom. The lowest BCUT2D eigenvalue weighted by atomic mass is 9.86. The molecule has 4 rings (SSSR count). The number of rotatable bonds is 5. The highest BCUT2D eigenvalue weighted by molar-refractivity contribution is 7.99. The Morgan fingerprint density at radius 3 is 2.53 bits per heavy atom. The van der Waals surface area contributed by atoms with Gasteiger partial charge in [-0.25, -0.2) is 4.99 Å². The summed E-state index contributed by atoms with van der Waals surface area (Å²) in [7, 11) is 0. The zero-order valence-electron chi connectivity index (χ0n) is 17.3. The number of thioether (sulfide) groups is 1. The van der Waals surface area contributed by atoms with Gasteiger partial charge in [0.25, 0.3) is 0 Å². The summed E-state index contributed by atoms with van der Waals surface area (Å²) >= 11 is 1.80. The molecule has 0 fully saturated rings. The summed E-state index contributed by atoms with van der Waals surface area (Å²) in [6, 6.07) is 15.8. The Hall–Kier alpha value is -2.86. The number of hydrogen-bond acceptors (Lipinski definition) is 4. The second kappa shape index (κ2) is 8.11. The molecular weight excluding hydrogens is 394 g/mol. The second-order valence-electron chi connectivity index (χ2n) is 8.01. The van der Waals surface area contributed by atoms with Crippen LogP contribution in [-0.4, -0.2) is 22.4 Å². The summed E-state index contributed by atoms with van der Waals surface area (Å²) in [5.74, 6) is 2.31. The minimum atomic E-state index is -0.232. The van der Waals surface area contributed by atoms with Crippen LogP contribution in [0.4, 0.5) is 5.69 Å². The number of ether oxygens (including phenoxy) is 1. The first-order chi connectivity index (χ1) is 14.4. The van der Waals surface area contributed by atoms with Gasteiger partial charge in [0.15, 0.2) is 5.96 Å². The van der Waals surface area contributed by atoms with Crippen LogP contribution in [0, 0.1) is 6.92 Å². The first-order valence-electron chi connectivity index (χ1n) is 10.1. The Bertz CT molecular complexity index is 1110. The van der Waals surface area contributed by atoms with Crippen LogP contribution in [0.3, 0.4) is 0 Å². The molecule has 3 aromatic carbocycles. The zero-order chi connectivity index (χ0) is 21.3. The van der Waals surface area contributed by atoms with Gasteiger partial charge in [-0.15, -0.1) is 11.8 Å². The van der Waals surface area contributed by atoms with E-state index >= 15 is 0 Å². The molecule has 1 heterocycles. The Labute approximate surface area is 181 Å². The number of hydrogen-bond donors (Lipinski definition) is 3. The third-order valence-electron chi connectivity index (χ3n) is 5.76. The molecule has 0 aliphatic carbocycles. The number of aromatic hydroxyl groups is 1. The van der Waals surface area contributed by atoms with Crippen molar-refractivity contribution in [2.75, 3.05) is 5.75 Å². The SMILES string of the molecule is Cc1c2c(c3ccccc3c1O)OC(C)(CCSc1ccc(N=C(N)N)cc1)CC2. The van der Waals surface area contributed by atoms with Gasteiger partial charge in [-0.1, -0.05) is 24.3 Å². The van der Waals surface area contributed by atoms with Crippen molar-refractivity contribution in [2.24, 2.45) is 16.5 Å². The standard InChI is InChI=1S/C24H27N3O2S/c1-15-18-11-12-24(2,29-22(18)20-6-4-3-5-19(20)21(15)28)13-14-30-17-9-7-16(8-10-17)27-23(25)26/h3-10,28H,11-14H2,1-2H3,(H4,25,26,27). The molecule has 0 radical (unpaired) electrons. The van der Waals surface area contributed by atoms with Crippen LogP contribution in [0.5, 0.6) is 11.5 Å². The van der Waals surface area contributed by atoms with Crippen LogP contribution >= 0.6 is 11.8 Å². The van der Waals surface area contributed by atoms with Gasteiger partial charge in [0.2, 0.25) is 0 Å². The summed E-state index contributed by atoms with van der Waals surface area (Å²) in [4.78, 5) is 5.23. The fraction of sp³-hybridized carbons (Fsp3) is 0.292. The molecule has 0 aromatic heterocycles. The monoisotopic (exact) mass is 421 g/mol. The summed E-state index contributed by atoms with van der Waals surface area (Å²) in [6.45, 7) is 4.17. The number of aliphatic imine (C=N–C) groups is 1. The van der Waals surface area contributed by atoms with E-state index in [1.54, 1.807) is 11.8 Å². The molecule has 5 N–H and O–H groups in total.